The van der Waals surface area contributed by atoms with Gasteiger partial charge in [0.1, 0.15) is 18.1 Å². The number of benzene rings is 2. The molecule has 3 rings (SSSR count). The fraction of sp³-hybridized carbons (Fsp3) is 0.211. The highest BCUT2D eigenvalue weighted by atomic mass is 16.6. The van der Waals surface area contributed by atoms with E-state index in [-0.39, 0.29) is 5.69 Å². The van der Waals surface area contributed by atoms with E-state index in [9.17, 15) is 10.1 Å². The number of rotatable bonds is 6. The minimum absolute atomic E-state index is 0.0515. The zero-order chi connectivity index (χ0) is 17.8. The predicted molar refractivity (Wildman–Crippen MR) is 92.7 cm³/mol. The van der Waals surface area contributed by atoms with E-state index in [1.807, 2.05) is 44.2 Å². The Morgan fingerprint density at radius 2 is 1.92 bits per heavy atom. The number of nitro groups is 1. The summed E-state index contributed by atoms with van der Waals surface area (Å²) in [7, 11) is 0. The van der Waals surface area contributed by atoms with Gasteiger partial charge in [-0.15, -0.1) is 0 Å². The van der Waals surface area contributed by atoms with Gasteiger partial charge in [0.05, 0.1) is 16.2 Å². The molecule has 0 saturated carbocycles. The summed E-state index contributed by atoms with van der Waals surface area (Å²) in [6.45, 7) is 4.00. The van der Waals surface area contributed by atoms with Gasteiger partial charge in [-0.05, 0) is 25.5 Å². The second-order valence-corrected chi connectivity index (χ2v) is 5.80. The number of hydrogen-bond acceptors (Lipinski definition) is 5. The maximum absolute atomic E-state index is 11.1. The van der Waals surface area contributed by atoms with E-state index < -0.39 is 4.92 Å². The molecule has 0 aliphatic carbocycles. The molecule has 25 heavy (non-hydrogen) atoms. The van der Waals surface area contributed by atoms with Crippen LogP contribution in [-0.2, 0) is 13.0 Å². The highest BCUT2D eigenvalue weighted by molar-refractivity contribution is 5.46. The SMILES string of the molecule is Cc1noc(C)c1COc1ccc([N+](=O)[O-])cc1Cc1ccccc1. The van der Waals surface area contributed by atoms with Crippen molar-refractivity contribution in [2.75, 3.05) is 0 Å². The summed E-state index contributed by atoms with van der Waals surface area (Å²) in [6, 6.07) is 14.5. The van der Waals surface area contributed by atoms with Gasteiger partial charge < -0.3 is 9.26 Å². The number of aromatic nitrogens is 1. The first kappa shape index (κ1) is 16.7. The normalized spacial score (nSPS) is 10.6. The molecule has 0 atom stereocenters. The van der Waals surface area contributed by atoms with Crippen molar-refractivity contribution in [3.05, 3.63) is 86.8 Å². The summed E-state index contributed by atoms with van der Waals surface area (Å²) >= 11 is 0. The van der Waals surface area contributed by atoms with Gasteiger partial charge in [-0.2, -0.15) is 0 Å². The maximum Gasteiger partial charge on any atom is 0.269 e. The van der Waals surface area contributed by atoms with Crippen molar-refractivity contribution in [1.82, 2.24) is 5.16 Å². The van der Waals surface area contributed by atoms with Crippen LogP contribution >= 0.6 is 0 Å². The number of ether oxygens (including phenoxy) is 1. The molecule has 0 fully saturated rings. The van der Waals surface area contributed by atoms with Crippen molar-refractivity contribution in [3.8, 4) is 5.75 Å². The third kappa shape index (κ3) is 3.85. The number of nitro benzene ring substituents is 1. The summed E-state index contributed by atoms with van der Waals surface area (Å²) in [5.41, 5.74) is 3.56. The largest absolute Gasteiger partial charge is 0.488 e. The van der Waals surface area contributed by atoms with Gasteiger partial charge in [-0.1, -0.05) is 35.5 Å². The van der Waals surface area contributed by atoms with Crippen molar-refractivity contribution in [1.29, 1.82) is 0 Å². The van der Waals surface area contributed by atoms with Crippen LogP contribution in [-0.4, -0.2) is 10.1 Å². The molecular formula is C19H18N2O4. The van der Waals surface area contributed by atoms with Gasteiger partial charge in [0.25, 0.3) is 5.69 Å². The van der Waals surface area contributed by atoms with E-state index in [0.717, 1.165) is 22.4 Å². The van der Waals surface area contributed by atoms with Gasteiger partial charge >= 0.3 is 0 Å². The van der Waals surface area contributed by atoms with Crippen LogP contribution in [0.5, 0.6) is 5.75 Å². The van der Waals surface area contributed by atoms with Crippen LogP contribution in [0, 0.1) is 24.0 Å². The fourth-order valence-corrected chi connectivity index (χ4v) is 2.63. The molecule has 0 saturated heterocycles. The molecule has 0 radical (unpaired) electrons. The number of aryl methyl sites for hydroxylation is 2. The Morgan fingerprint density at radius 3 is 2.56 bits per heavy atom. The molecule has 6 nitrogen and oxygen atoms in total. The van der Waals surface area contributed by atoms with Gasteiger partial charge in [-0.3, -0.25) is 10.1 Å². The van der Waals surface area contributed by atoms with Crippen molar-refractivity contribution >= 4 is 5.69 Å². The molecule has 1 heterocycles. The first-order chi connectivity index (χ1) is 12.0. The highest BCUT2D eigenvalue weighted by Crippen LogP contribution is 2.28. The van der Waals surface area contributed by atoms with Crippen LogP contribution in [0.15, 0.2) is 53.1 Å². The van der Waals surface area contributed by atoms with E-state index in [4.69, 9.17) is 9.26 Å². The Labute approximate surface area is 145 Å². The Kier molecular flexibility index (Phi) is 4.79. The Balaban J connectivity index is 1.88. The van der Waals surface area contributed by atoms with Crippen LogP contribution in [0.4, 0.5) is 5.69 Å². The molecule has 0 spiro atoms. The third-order valence-corrected chi connectivity index (χ3v) is 4.05. The van der Waals surface area contributed by atoms with Crippen LogP contribution in [0.1, 0.15) is 28.1 Å². The third-order valence-electron chi connectivity index (χ3n) is 4.05. The number of non-ortho nitro benzene ring substituents is 1. The summed E-state index contributed by atoms with van der Waals surface area (Å²) in [5, 5.41) is 15.0. The molecular weight excluding hydrogens is 320 g/mol. The Bertz CT molecular complexity index is 868. The van der Waals surface area contributed by atoms with Gasteiger partial charge in [-0.25, -0.2) is 0 Å². The first-order valence-electron chi connectivity index (χ1n) is 7.90. The standard InChI is InChI=1S/C19H18N2O4/c1-13-18(14(2)25-20-13)12-24-19-9-8-17(21(22)23)11-16(19)10-15-6-4-3-5-7-15/h3-9,11H,10,12H2,1-2H3. The van der Waals surface area contributed by atoms with Crippen molar-refractivity contribution in [2.45, 2.75) is 26.9 Å². The van der Waals surface area contributed by atoms with Crippen molar-refractivity contribution < 1.29 is 14.2 Å². The molecule has 0 aliphatic heterocycles. The Hall–Kier alpha value is -3.15. The molecule has 0 amide bonds. The molecule has 2 aromatic carbocycles. The first-order valence-corrected chi connectivity index (χ1v) is 7.90. The highest BCUT2D eigenvalue weighted by Gasteiger charge is 2.15. The van der Waals surface area contributed by atoms with Crippen LogP contribution in [0.3, 0.4) is 0 Å². The quantitative estimate of drug-likeness (QED) is 0.492. The Morgan fingerprint density at radius 1 is 1.16 bits per heavy atom. The molecule has 0 aliphatic rings. The maximum atomic E-state index is 11.1. The molecule has 0 N–H and O–H groups in total. The number of nitrogens with zero attached hydrogens (tertiary/aromatic N) is 2. The molecule has 1 aromatic heterocycles. The zero-order valence-corrected chi connectivity index (χ0v) is 14.1. The monoisotopic (exact) mass is 338 g/mol. The van der Waals surface area contributed by atoms with E-state index in [0.29, 0.717) is 24.5 Å². The topological polar surface area (TPSA) is 78.4 Å². The average molecular weight is 338 g/mol. The lowest BCUT2D eigenvalue weighted by Gasteiger charge is -2.12. The van der Waals surface area contributed by atoms with Gasteiger partial charge in [0.2, 0.25) is 0 Å². The zero-order valence-electron chi connectivity index (χ0n) is 14.1. The second kappa shape index (κ2) is 7.17. The van der Waals surface area contributed by atoms with Crippen molar-refractivity contribution in [3.63, 3.8) is 0 Å². The minimum Gasteiger partial charge on any atom is -0.488 e. The lowest BCUT2D eigenvalue weighted by atomic mass is 10.0. The van der Waals surface area contributed by atoms with Crippen molar-refractivity contribution in [2.24, 2.45) is 0 Å². The number of hydrogen-bond donors (Lipinski definition) is 0. The van der Waals surface area contributed by atoms with Crippen LogP contribution in [0.25, 0.3) is 0 Å². The van der Waals surface area contributed by atoms with E-state index >= 15 is 0 Å². The second-order valence-electron chi connectivity index (χ2n) is 5.80. The van der Waals surface area contributed by atoms with Gasteiger partial charge in [0.15, 0.2) is 0 Å². The molecule has 6 heteroatoms. The lowest BCUT2D eigenvalue weighted by molar-refractivity contribution is -0.384. The summed E-state index contributed by atoms with van der Waals surface area (Å²) in [4.78, 5) is 10.7. The van der Waals surface area contributed by atoms with Crippen LogP contribution in [0.2, 0.25) is 0 Å². The summed E-state index contributed by atoms with van der Waals surface area (Å²) in [5.74, 6) is 1.33. The molecule has 0 unspecified atom stereocenters. The molecule has 128 valence electrons. The summed E-state index contributed by atoms with van der Waals surface area (Å²) in [6.07, 6.45) is 0.555. The lowest BCUT2D eigenvalue weighted by Crippen LogP contribution is -2.02. The van der Waals surface area contributed by atoms with E-state index in [1.54, 1.807) is 12.1 Å². The summed E-state index contributed by atoms with van der Waals surface area (Å²) < 4.78 is 11.1. The fourth-order valence-electron chi connectivity index (χ4n) is 2.63. The molecule has 3 aromatic rings. The molecule has 0 bridgehead atoms. The predicted octanol–water partition coefficient (Wildman–Crippen LogP) is 4.37. The van der Waals surface area contributed by atoms with Crippen LogP contribution < -0.4 is 4.74 Å². The smallest absolute Gasteiger partial charge is 0.269 e. The minimum atomic E-state index is -0.396. The van der Waals surface area contributed by atoms with Gasteiger partial charge in [0, 0.05) is 24.1 Å². The van der Waals surface area contributed by atoms with E-state index in [1.165, 1.54) is 6.07 Å². The van der Waals surface area contributed by atoms with E-state index in [2.05, 4.69) is 5.16 Å². The average Bonchev–Trinajstić information content (AvgIpc) is 2.93.